The average molecular weight is 520 g/mol. The summed E-state index contributed by atoms with van der Waals surface area (Å²) in [5, 5.41) is 0. The summed E-state index contributed by atoms with van der Waals surface area (Å²) in [6.07, 6.45) is 0. The molecular formula is C23H20N2Pt. The van der Waals surface area contributed by atoms with Crippen molar-refractivity contribution in [3.8, 4) is 22.5 Å². The van der Waals surface area contributed by atoms with Crippen LogP contribution in [0, 0.1) is 3.80 Å². The quantitative estimate of drug-likeness (QED) is 0.347. The van der Waals surface area contributed by atoms with E-state index in [-0.39, 0.29) is 0 Å². The van der Waals surface area contributed by atoms with Crippen LogP contribution in [0.5, 0.6) is 0 Å². The second kappa shape index (κ2) is 7.43. The van der Waals surface area contributed by atoms with Gasteiger partial charge in [0.1, 0.15) is 0 Å². The number of nitrogens with zero attached hydrogens (tertiary/aromatic N) is 2. The predicted molar refractivity (Wildman–Crippen MR) is 103 cm³/mol. The van der Waals surface area contributed by atoms with Crippen molar-refractivity contribution in [2.45, 2.75) is 6.54 Å². The molecule has 0 aliphatic rings. The number of hydrogen-bond acceptors (Lipinski definition) is 0. The van der Waals surface area contributed by atoms with E-state index in [9.17, 15) is 0 Å². The summed E-state index contributed by atoms with van der Waals surface area (Å²) >= 11 is 2.44. The summed E-state index contributed by atoms with van der Waals surface area (Å²) in [5.74, 6) is 0. The Morgan fingerprint density at radius 1 is 0.654 bits per heavy atom. The van der Waals surface area contributed by atoms with E-state index < -0.39 is 0 Å². The van der Waals surface area contributed by atoms with E-state index in [1.807, 2.05) is 0 Å². The standard InChI is InChI=1S/C23H20N2.Pt/c1-24-18-25(17-19-11-5-2-6-12-19)23(21-15-9-4-10-16-21)22(24)20-13-7-3-8-14-20;/h2-16H,17H2,1H3;. The van der Waals surface area contributed by atoms with Crippen molar-refractivity contribution in [1.82, 2.24) is 9.13 Å². The van der Waals surface area contributed by atoms with Crippen LogP contribution in [0.4, 0.5) is 0 Å². The van der Waals surface area contributed by atoms with Crippen molar-refractivity contribution < 1.29 is 19.4 Å². The van der Waals surface area contributed by atoms with Crippen LogP contribution in [0.2, 0.25) is 0 Å². The molecule has 0 saturated heterocycles. The van der Waals surface area contributed by atoms with Crippen molar-refractivity contribution >= 4 is 0 Å². The van der Waals surface area contributed by atoms with Crippen molar-refractivity contribution in [2.24, 2.45) is 7.05 Å². The van der Waals surface area contributed by atoms with Gasteiger partial charge in [-0.25, -0.2) is 0 Å². The zero-order valence-electron chi connectivity index (χ0n) is 14.6. The van der Waals surface area contributed by atoms with E-state index in [4.69, 9.17) is 0 Å². The molecule has 26 heavy (non-hydrogen) atoms. The van der Waals surface area contributed by atoms with Gasteiger partial charge >= 0.3 is 165 Å². The molecule has 1 heterocycles. The van der Waals surface area contributed by atoms with Gasteiger partial charge in [0, 0.05) is 0 Å². The number of aromatic nitrogens is 2. The van der Waals surface area contributed by atoms with E-state index in [1.165, 1.54) is 31.9 Å². The molecule has 3 heteroatoms. The van der Waals surface area contributed by atoms with Gasteiger partial charge in [0.25, 0.3) is 0 Å². The molecule has 0 bridgehead atoms. The summed E-state index contributed by atoms with van der Waals surface area (Å²) in [7, 11) is 2.15. The number of imidazole rings is 1. The Hall–Kier alpha value is -2.44. The average Bonchev–Trinajstić information content (AvgIpc) is 2.95. The Morgan fingerprint density at radius 3 is 1.65 bits per heavy atom. The minimum atomic E-state index is 0.852. The first-order valence-electron chi connectivity index (χ1n) is 8.65. The Labute approximate surface area is 164 Å². The van der Waals surface area contributed by atoms with Crippen LogP contribution in [0.1, 0.15) is 5.56 Å². The fourth-order valence-electron chi connectivity index (χ4n) is 3.36. The molecule has 132 valence electrons. The molecule has 0 aliphatic heterocycles. The molecule has 0 unspecified atom stereocenters. The Bertz CT molecular complexity index is 1060. The number of hydrogen-bond donors (Lipinski definition) is 0. The van der Waals surface area contributed by atoms with Gasteiger partial charge in [-0.1, -0.05) is 0 Å². The molecule has 0 saturated carbocycles. The zero-order valence-corrected chi connectivity index (χ0v) is 16.9. The summed E-state index contributed by atoms with van der Waals surface area (Å²) < 4.78 is 5.92. The molecule has 0 fully saturated rings. The molecule has 0 radical (unpaired) electrons. The van der Waals surface area contributed by atoms with Gasteiger partial charge in [-0.15, -0.1) is 0 Å². The van der Waals surface area contributed by atoms with Gasteiger partial charge in [0.05, 0.1) is 0 Å². The predicted octanol–water partition coefficient (Wildman–Crippen LogP) is 5.29. The van der Waals surface area contributed by atoms with Gasteiger partial charge in [-0.05, 0) is 0 Å². The summed E-state index contributed by atoms with van der Waals surface area (Å²) in [6, 6.07) is 32.0. The van der Waals surface area contributed by atoms with Crippen LogP contribution in [0.15, 0.2) is 91.0 Å². The fourth-order valence-corrected chi connectivity index (χ4v) is 4.05. The molecule has 0 N–H and O–H groups in total. The normalized spacial score (nSPS) is 10.9. The Kier molecular flexibility index (Phi) is 4.86. The van der Waals surface area contributed by atoms with Crippen molar-refractivity contribution in [2.75, 3.05) is 0 Å². The molecule has 0 amide bonds. The van der Waals surface area contributed by atoms with E-state index in [2.05, 4.69) is 127 Å². The van der Waals surface area contributed by atoms with Gasteiger partial charge in [-0.3, -0.25) is 0 Å². The van der Waals surface area contributed by atoms with Crippen LogP contribution < -0.4 is 0 Å². The summed E-state index contributed by atoms with van der Waals surface area (Å²) in [6.45, 7) is 0.852. The SMILES string of the molecule is Cn1c(-c2ccccc2)c(-c2ccccc2)n(Cc2ccccc2)[c]1=[Pt]. The van der Waals surface area contributed by atoms with Crippen LogP contribution in [0.3, 0.4) is 0 Å². The molecule has 4 aromatic rings. The number of benzene rings is 3. The van der Waals surface area contributed by atoms with Crippen LogP contribution in [-0.4, -0.2) is 9.13 Å². The third-order valence-electron chi connectivity index (χ3n) is 4.57. The van der Waals surface area contributed by atoms with Crippen LogP contribution in [-0.2, 0) is 32.9 Å². The van der Waals surface area contributed by atoms with Crippen molar-refractivity contribution in [3.63, 3.8) is 0 Å². The first-order valence-corrected chi connectivity index (χ1v) is 9.79. The summed E-state index contributed by atoms with van der Waals surface area (Å²) in [5.41, 5.74) is 6.28. The molecule has 0 aliphatic carbocycles. The first kappa shape index (κ1) is 17.0. The zero-order chi connectivity index (χ0) is 17.9. The van der Waals surface area contributed by atoms with Gasteiger partial charge < -0.3 is 0 Å². The molecule has 0 spiro atoms. The van der Waals surface area contributed by atoms with Gasteiger partial charge in [0.15, 0.2) is 0 Å². The second-order valence-electron chi connectivity index (χ2n) is 6.30. The molecule has 0 atom stereocenters. The van der Waals surface area contributed by atoms with Crippen molar-refractivity contribution in [1.29, 1.82) is 0 Å². The van der Waals surface area contributed by atoms with E-state index in [0.29, 0.717) is 0 Å². The van der Waals surface area contributed by atoms with E-state index in [0.717, 1.165) is 6.54 Å². The Morgan fingerprint density at radius 2 is 1.12 bits per heavy atom. The van der Waals surface area contributed by atoms with E-state index >= 15 is 0 Å². The van der Waals surface area contributed by atoms with E-state index in [1.54, 1.807) is 0 Å². The van der Waals surface area contributed by atoms with Gasteiger partial charge in [-0.2, -0.15) is 0 Å². The maximum absolute atomic E-state index is 2.44. The minimum absolute atomic E-state index is 0.852. The van der Waals surface area contributed by atoms with Crippen molar-refractivity contribution in [3.05, 3.63) is 100 Å². The third-order valence-corrected chi connectivity index (χ3v) is 5.95. The fraction of sp³-hybridized carbons (Fsp3) is 0.0870. The molecule has 2 nitrogen and oxygen atoms in total. The maximum atomic E-state index is 2.44. The van der Waals surface area contributed by atoms with Crippen LogP contribution in [0.25, 0.3) is 22.5 Å². The number of rotatable bonds is 4. The molecular weight excluding hydrogens is 499 g/mol. The third kappa shape index (κ3) is 3.18. The Balaban J connectivity index is 1.98. The summed E-state index contributed by atoms with van der Waals surface area (Å²) in [4.78, 5) is 0. The molecule has 3 aromatic carbocycles. The molecule has 1 aromatic heterocycles. The monoisotopic (exact) mass is 519 g/mol. The second-order valence-corrected chi connectivity index (χ2v) is 7.32. The van der Waals surface area contributed by atoms with Gasteiger partial charge in [0.2, 0.25) is 0 Å². The molecule has 4 rings (SSSR count). The topological polar surface area (TPSA) is 9.86 Å². The first-order chi connectivity index (χ1) is 12.8. The van der Waals surface area contributed by atoms with Crippen LogP contribution >= 0.6 is 0 Å².